The molecule has 24 heavy (non-hydrogen) atoms. The molecule has 0 aliphatic rings. The van der Waals surface area contributed by atoms with Crippen molar-refractivity contribution in [2.75, 3.05) is 40.2 Å². The zero-order valence-corrected chi connectivity index (χ0v) is 15.5. The fourth-order valence-electron chi connectivity index (χ4n) is 2.34. The minimum absolute atomic E-state index is 0.0669. The Morgan fingerprint density at radius 1 is 1.33 bits per heavy atom. The predicted molar refractivity (Wildman–Crippen MR) is 96.3 cm³/mol. The summed E-state index contributed by atoms with van der Waals surface area (Å²) in [4.78, 5) is 2.09. The minimum atomic E-state index is 0.0669. The summed E-state index contributed by atoms with van der Waals surface area (Å²) in [5.41, 5.74) is 1.45. The lowest BCUT2D eigenvalue weighted by Crippen LogP contribution is -2.26. The molecule has 0 radical (unpaired) electrons. The van der Waals surface area contributed by atoms with Crippen molar-refractivity contribution in [1.29, 1.82) is 5.26 Å². The predicted octanol–water partition coefficient (Wildman–Crippen LogP) is 3.40. The lowest BCUT2D eigenvalue weighted by Gasteiger charge is -2.26. The quantitative estimate of drug-likeness (QED) is 0.809. The maximum absolute atomic E-state index is 9.16. The summed E-state index contributed by atoms with van der Waals surface area (Å²) in [7, 11) is 7.21. The van der Waals surface area contributed by atoms with Gasteiger partial charge in [-0.05, 0) is 43.3 Å². The summed E-state index contributed by atoms with van der Waals surface area (Å²) < 4.78 is 14.7. The molecule has 0 saturated heterocycles. The molecule has 128 valence electrons. The van der Waals surface area contributed by atoms with Gasteiger partial charge in [0.2, 0.25) is 0 Å². The monoisotopic (exact) mass is 366 g/mol. The number of nitriles is 1. The Morgan fingerprint density at radius 2 is 2.04 bits per heavy atom. The van der Waals surface area contributed by atoms with Gasteiger partial charge in [-0.25, -0.2) is 0 Å². The van der Waals surface area contributed by atoms with Gasteiger partial charge in [-0.2, -0.15) is 9.64 Å². The molecule has 8 heteroatoms. The fraction of sp³-hybridized carbons (Fsp3) is 0.375. The van der Waals surface area contributed by atoms with Crippen LogP contribution in [0, 0.1) is 11.3 Å². The third-order valence-corrected chi connectivity index (χ3v) is 4.81. The van der Waals surface area contributed by atoms with Crippen LogP contribution < -0.4 is 14.8 Å². The second-order valence-corrected chi connectivity index (χ2v) is 6.40. The second-order valence-electron chi connectivity index (χ2n) is 5.26. The number of nitrogens with zero attached hydrogens (tertiary/aromatic N) is 3. The number of ether oxygens (including phenoxy) is 2. The van der Waals surface area contributed by atoms with Gasteiger partial charge in [0, 0.05) is 6.54 Å². The van der Waals surface area contributed by atoms with E-state index in [1.165, 1.54) is 11.5 Å². The van der Waals surface area contributed by atoms with Crippen LogP contribution in [0.2, 0.25) is 5.15 Å². The summed E-state index contributed by atoms with van der Waals surface area (Å²) in [5, 5.41) is 13.3. The fourth-order valence-corrected chi connectivity index (χ4v) is 3.28. The van der Waals surface area contributed by atoms with Crippen molar-refractivity contribution in [3.8, 4) is 17.6 Å². The van der Waals surface area contributed by atoms with Crippen LogP contribution in [0.4, 0.5) is 5.00 Å². The molecule has 0 spiro atoms. The van der Waals surface area contributed by atoms with Crippen LogP contribution >= 0.6 is 23.1 Å². The van der Waals surface area contributed by atoms with Crippen molar-refractivity contribution in [2.45, 2.75) is 6.04 Å². The average Bonchev–Trinajstić information content (AvgIpc) is 2.94. The normalized spacial score (nSPS) is 11.9. The smallest absolute Gasteiger partial charge is 0.162 e. The molecule has 2 rings (SSSR count). The van der Waals surface area contributed by atoms with E-state index in [0.717, 1.165) is 5.56 Å². The van der Waals surface area contributed by atoms with Crippen molar-refractivity contribution in [1.82, 2.24) is 9.27 Å². The van der Waals surface area contributed by atoms with E-state index in [0.29, 0.717) is 28.6 Å². The molecular formula is C16H19ClN4O2S. The third-order valence-electron chi connectivity index (χ3n) is 3.63. The molecule has 1 unspecified atom stereocenters. The van der Waals surface area contributed by atoms with Gasteiger partial charge < -0.3 is 19.7 Å². The van der Waals surface area contributed by atoms with Crippen LogP contribution in [-0.4, -0.2) is 44.1 Å². The molecule has 0 aliphatic heterocycles. The molecule has 1 atom stereocenters. The number of aromatic nitrogens is 1. The Balaban J connectivity index is 2.22. The Labute approximate surface area is 150 Å². The number of nitrogens with one attached hydrogen (secondary N) is 1. The van der Waals surface area contributed by atoms with E-state index in [1.54, 1.807) is 14.2 Å². The van der Waals surface area contributed by atoms with E-state index in [1.807, 2.05) is 32.3 Å². The Hall–Kier alpha value is -2.01. The molecule has 0 bridgehead atoms. The van der Waals surface area contributed by atoms with Gasteiger partial charge in [-0.3, -0.25) is 0 Å². The Kier molecular flexibility index (Phi) is 6.26. The summed E-state index contributed by atoms with van der Waals surface area (Å²) >= 11 is 7.09. The van der Waals surface area contributed by atoms with Gasteiger partial charge in [-0.15, -0.1) is 0 Å². The number of benzene rings is 1. The van der Waals surface area contributed by atoms with Crippen molar-refractivity contribution in [3.05, 3.63) is 34.5 Å². The van der Waals surface area contributed by atoms with Crippen LogP contribution in [0.5, 0.6) is 11.5 Å². The van der Waals surface area contributed by atoms with Gasteiger partial charge in [0.1, 0.15) is 16.6 Å². The number of halogens is 1. The molecule has 1 aromatic heterocycles. The van der Waals surface area contributed by atoms with Crippen molar-refractivity contribution < 1.29 is 9.47 Å². The van der Waals surface area contributed by atoms with E-state index in [-0.39, 0.29) is 11.2 Å². The number of likely N-dealkylation sites (N-methyl/N-ethyl adjacent to an activating group) is 1. The molecule has 0 amide bonds. The van der Waals surface area contributed by atoms with Gasteiger partial charge in [0.25, 0.3) is 0 Å². The first kappa shape index (κ1) is 18.3. The first-order valence-electron chi connectivity index (χ1n) is 7.19. The van der Waals surface area contributed by atoms with E-state index in [9.17, 15) is 0 Å². The van der Waals surface area contributed by atoms with Crippen LogP contribution in [0.1, 0.15) is 17.2 Å². The highest BCUT2D eigenvalue weighted by atomic mass is 35.5. The lowest BCUT2D eigenvalue weighted by molar-refractivity contribution is 0.308. The number of methoxy groups -OCH3 is 2. The number of hydrogen-bond donors (Lipinski definition) is 1. The van der Waals surface area contributed by atoms with Gasteiger partial charge in [0.15, 0.2) is 16.7 Å². The molecule has 1 aromatic carbocycles. The number of rotatable bonds is 7. The van der Waals surface area contributed by atoms with Crippen LogP contribution in [0.25, 0.3) is 0 Å². The zero-order valence-electron chi connectivity index (χ0n) is 14.0. The molecule has 1 N–H and O–H groups in total. The Morgan fingerprint density at radius 3 is 2.62 bits per heavy atom. The molecule has 0 saturated carbocycles. The van der Waals surface area contributed by atoms with Crippen LogP contribution in [0.15, 0.2) is 18.2 Å². The number of anilines is 1. The van der Waals surface area contributed by atoms with Crippen molar-refractivity contribution >= 4 is 28.1 Å². The van der Waals surface area contributed by atoms with Gasteiger partial charge in [0.05, 0.1) is 20.3 Å². The summed E-state index contributed by atoms with van der Waals surface area (Å²) in [5.74, 6) is 1.37. The van der Waals surface area contributed by atoms with Gasteiger partial charge >= 0.3 is 0 Å². The second kappa shape index (κ2) is 8.20. The summed E-state index contributed by atoms with van der Waals surface area (Å²) in [6.45, 7) is 0.593. The van der Waals surface area contributed by atoms with Crippen LogP contribution in [0.3, 0.4) is 0 Å². The lowest BCUT2D eigenvalue weighted by atomic mass is 10.1. The Bertz CT molecular complexity index is 742. The first-order valence-corrected chi connectivity index (χ1v) is 8.34. The highest BCUT2D eigenvalue weighted by molar-refractivity contribution is 7.10. The SMILES string of the molecule is COc1ccc(C(CNc2snc(Cl)c2C#N)N(C)C)cc1OC. The molecule has 0 aliphatic carbocycles. The molecular weight excluding hydrogens is 348 g/mol. The third kappa shape index (κ3) is 3.90. The standard InChI is InChI=1S/C16H19ClN4O2S/c1-21(2)12(9-19-16-11(8-18)15(17)20-24-16)10-5-6-13(22-3)14(7-10)23-4/h5-7,12,19H,9H2,1-4H3. The van der Waals surface area contributed by atoms with Crippen LogP contribution in [-0.2, 0) is 0 Å². The first-order chi connectivity index (χ1) is 11.5. The maximum atomic E-state index is 9.16. The minimum Gasteiger partial charge on any atom is -0.493 e. The van der Waals surface area contributed by atoms with Crippen molar-refractivity contribution in [2.24, 2.45) is 0 Å². The number of hydrogen-bond acceptors (Lipinski definition) is 7. The topological polar surface area (TPSA) is 70.4 Å². The molecule has 6 nitrogen and oxygen atoms in total. The average molecular weight is 367 g/mol. The van der Waals surface area contributed by atoms with E-state index >= 15 is 0 Å². The maximum Gasteiger partial charge on any atom is 0.162 e. The van der Waals surface area contributed by atoms with E-state index < -0.39 is 0 Å². The highest BCUT2D eigenvalue weighted by Gasteiger charge is 2.19. The molecule has 2 aromatic rings. The largest absolute Gasteiger partial charge is 0.493 e. The summed E-state index contributed by atoms with van der Waals surface area (Å²) in [6.07, 6.45) is 0. The molecule has 0 fully saturated rings. The zero-order chi connectivity index (χ0) is 17.7. The van der Waals surface area contributed by atoms with E-state index in [4.69, 9.17) is 26.3 Å². The van der Waals surface area contributed by atoms with Gasteiger partial charge in [-0.1, -0.05) is 17.7 Å². The van der Waals surface area contributed by atoms with Crippen molar-refractivity contribution in [3.63, 3.8) is 0 Å². The highest BCUT2D eigenvalue weighted by Crippen LogP contribution is 2.32. The summed E-state index contributed by atoms with van der Waals surface area (Å²) in [6, 6.07) is 7.98. The van der Waals surface area contributed by atoms with E-state index in [2.05, 4.69) is 20.7 Å². The molecule has 1 heterocycles.